The number of nitrogens with zero attached hydrogens (tertiary/aromatic N) is 1. The monoisotopic (exact) mass is 217 g/mol. The second-order valence-electron chi connectivity index (χ2n) is 3.39. The summed E-state index contributed by atoms with van der Waals surface area (Å²) in [5.74, 6) is 0.146. The molecule has 76 valence electrons. The van der Waals surface area contributed by atoms with Gasteiger partial charge in [-0.2, -0.15) is 11.3 Å². The molecular formula is C12H11NOS. The average molecular weight is 217 g/mol. The lowest BCUT2D eigenvalue weighted by molar-refractivity contribution is 0.0992. The zero-order valence-corrected chi connectivity index (χ0v) is 9.25. The van der Waals surface area contributed by atoms with Crippen molar-refractivity contribution in [2.75, 3.05) is 0 Å². The first-order chi connectivity index (χ1) is 7.27. The van der Waals surface area contributed by atoms with E-state index >= 15 is 0 Å². The molecule has 15 heavy (non-hydrogen) atoms. The normalized spacial score (nSPS) is 10.2. The summed E-state index contributed by atoms with van der Waals surface area (Å²) in [4.78, 5) is 16.0. The number of aryl methyl sites for hydroxylation is 1. The largest absolute Gasteiger partial charge is 0.294 e. The fourth-order valence-electron chi connectivity index (χ4n) is 1.41. The number of hydrogen-bond acceptors (Lipinski definition) is 3. The van der Waals surface area contributed by atoms with Crippen molar-refractivity contribution in [2.45, 2.75) is 13.3 Å². The molecule has 0 fully saturated rings. The van der Waals surface area contributed by atoms with E-state index in [2.05, 4.69) is 4.98 Å². The van der Waals surface area contributed by atoms with Crippen LogP contribution < -0.4 is 0 Å². The maximum Gasteiger partial charge on any atom is 0.169 e. The van der Waals surface area contributed by atoms with Crippen LogP contribution in [-0.2, 0) is 6.42 Å². The lowest BCUT2D eigenvalue weighted by Crippen LogP contribution is -2.04. The van der Waals surface area contributed by atoms with Crippen LogP contribution in [0.2, 0.25) is 0 Å². The van der Waals surface area contributed by atoms with Gasteiger partial charge in [-0.1, -0.05) is 6.07 Å². The van der Waals surface area contributed by atoms with Crippen LogP contribution in [0.4, 0.5) is 0 Å². The van der Waals surface area contributed by atoms with E-state index < -0.39 is 0 Å². The third kappa shape index (κ3) is 2.30. The Bertz CT molecular complexity index is 461. The van der Waals surface area contributed by atoms with E-state index in [0.29, 0.717) is 6.42 Å². The van der Waals surface area contributed by atoms with Crippen LogP contribution >= 0.6 is 11.3 Å². The summed E-state index contributed by atoms with van der Waals surface area (Å²) in [7, 11) is 0. The molecule has 2 rings (SSSR count). The van der Waals surface area contributed by atoms with Gasteiger partial charge < -0.3 is 0 Å². The van der Waals surface area contributed by atoms with Crippen LogP contribution in [0.5, 0.6) is 0 Å². The van der Waals surface area contributed by atoms with Crippen molar-refractivity contribution in [1.82, 2.24) is 4.98 Å². The molecule has 2 aromatic heterocycles. The number of carbonyl (C=O) groups is 1. The van der Waals surface area contributed by atoms with Crippen LogP contribution in [-0.4, -0.2) is 10.8 Å². The Labute approximate surface area is 92.6 Å². The summed E-state index contributed by atoms with van der Waals surface area (Å²) in [6.07, 6.45) is 2.10. The number of hydrogen-bond donors (Lipinski definition) is 0. The fourth-order valence-corrected chi connectivity index (χ4v) is 2.26. The molecule has 0 unspecified atom stereocenters. The van der Waals surface area contributed by atoms with Crippen molar-refractivity contribution >= 4 is 17.1 Å². The molecule has 0 atom stereocenters. The van der Waals surface area contributed by atoms with Gasteiger partial charge in [0.25, 0.3) is 0 Å². The second-order valence-corrected chi connectivity index (χ2v) is 4.13. The third-order valence-corrected chi connectivity index (χ3v) is 3.09. The molecule has 3 heteroatoms. The zero-order chi connectivity index (χ0) is 10.7. The van der Waals surface area contributed by atoms with Gasteiger partial charge >= 0.3 is 0 Å². The number of pyridine rings is 1. The predicted octanol–water partition coefficient (Wildman–Crippen LogP) is 2.88. The van der Waals surface area contributed by atoms with Crippen LogP contribution in [0.15, 0.2) is 35.2 Å². The molecular weight excluding hydrogens is 206 g/mol. The minimum Gasteiger partial charge on any atom is -0.294 e. The van der Waals surface area contributed by atoms with Crippen molar-refractivity contribution in [3.8, 4) is 0 Å². The standard InChI is InChI=1S/C12H11NOS/c1-9-7-15-8-11(9)12(14)6-10-4-2-3-5-13-10/h2-5,7-8H,6H2,1H3. The van der Waals surface area contributed by atoms with Crippen LogP contribution in [0.1, 0.15) is 21.6 Å². The molecule has 2 nitrogen and oxygen atoms in total. The lowest BCUT2D eigenvalue weighted by Gasteiger charge is -1.99. The average Bonchev–Trinajstić information content (AvgIpc) is 2.66. The second kappa shape index (κ2) is 4.36. The van der Waals surface area contributed by atoms with Crippen molar-refractivity contribution in [2.24, 2.45) is 0 Å². The molecule has 0 aliphatic carbocycles. The quantitative estimate of drug-likeness (QED) is 0.740. The molecule has 0 N–H and O–H groups in total. The summed E-state index contributed by atoms with van der Waals surface area (Å²) in [5.41, 5.74) is 2.71. The molecule has 0 spiro atoms. The van der Waals surface area contributed by atoms with E-state index in [1.54, 1.807) is 17.5 Å². The van der Waals surface area contributed by atoms with Gasteiger partial charge in [-0.3, -0.25) is 9.78 Å². The minimum absolute atomic E-state index is 0.146. The highest BCUT2D eigenvalue weighted by Crippen LogP contribution is 2.15. The number of carbonyl (C=O) groups excluding carboxylic acids is 1. The van der Waals surface area contributed by atoms with Crippen molar-refractivity contribution in [3.05, 3.63) is 52.0 Å². The van der Waals surface area contributed by atoms with E-state index in [-0.39, 0.29) is 5.78 Å². The van der Waals surface area contributed by atoms with Gasteiger partial charge in [-0.15, -0.1) is 0 Å². The van der Waals surface area contributed by atoms with Crippen molar-refractivity contribution < 1.29 is 4.79 Å². The number of aromatic nitrogens is 1. The third-order valence-electron chi connectivity index (χ3n) is 2.22. The van der Waals surface area contributed by atoms with E-state index in [9.17, 15) is 4.79 Å². The first-order valence-electron chi connectivity index (χ1n) is 4.73. The summed E-state index contributed by atoms with van der Waals surface area (Å²) in [6, 6.07) is 5.62. The highest BCUT2D eigenvalue weighted by atomic mass is 32.1. The molecule has 2 heterocycles. The van der Waals surface area contributed by atoms with Crippen molar-refractivity contribution in [3.63, 3.8) is 0 Å². The molecule has 0 saturated heterocycles. The summed E-state index contributed by atoms with van der Waals surface area (Å²) in [5, 5.41) is 3.90. The van der Waals surface area contributed by atoms with Gasteiger partial charge in [-0.25, -0.2) is 0 Å². The molecule has 0 radical (unpaired) electrons. The van der Waals surface area contributed by atoms with Crippen molar-refractivity contribution in [1.29, 1.82) is 0 Å². The maximum atomic E-state index is 11.9. The zero-order valence-electron chi connectivity index (χ0n) is 8.43. The molecule has 2 aromatic rings. The van der Waals surface area contributed by atoms with Gasteiger partial charge in [0.15, 0.2) is 5.78 Å². The molecule has 0 aliphatic rings. The summed E-state index contributed by atoms with van der Waals surface area (Å²) in [6.45, 7) is 1.96. The fraction of sp³-hybridized carbons (Fsp3) is 0.167. The molecule has 0 amide bonds. The van der Waals surface area contributed by atoms with Crippen LogP contribution in [0.3, 0.4) is 0 Å². The van der Waals surface area contributed by atoms with Gasteiger partial charge in [0.05, 0.1) is 6.42 Å². The number of thiophene rings is 1. The summed E-state index contributed by atoms with van der Waals surface area (Å²) < 4.78 is 0. The topological polar surface area (TPSA) is 30.0 Å². The smallest absolute Gasteiger partial charge is 0.169 e. The Morgan fingerprint density at radius 1 is 1.40 bits per heavy atom. The highest BCUT2D eigenvalue weighted by Gasteiger charge is 2.10. The Hall–Kier alpha value is -1.48. The van der Waals surface area contributed by atoms with Gasteiger partial charge in [0, 0.05) is 22.8 Å². The molecule has 0 aliphatic heterocycles. The number of rotatable bonds is 3. The maximum absolute atomic E-state index is 11.9. The molecule has 0 bridgehead atoms. The first-order valence-corrected chi connectivity index (χ1v) is 5.67. The Morgan fingerprint density at radius 2 is 2.27 bits per heavy atom. The van der Waals surface area contributed by atoms with Crippen LogP contribution in [0, 0.1) is 6.92 Å². The lowest BCUT2D eigenvalue weighted by atomic mass is 10.1. The van der Waals surface area contributed by atoms with E-state index in [1.165, 1.54) is 0 Å². The predicted molar refractivity (Wildman–Crippen MR) is 61.3 cm³/mol. The Morgan fingerprint density at radius 3 is 2.87 bits per heavy atom. The highest BCUT2D eigenvalue weighted by molar-refractivity contribution is 7.08. The minimum atomic E-state index is 0.146. The molecule has 0 aromatic carbocycles. The Balaban J connectivity index is 2.15. The first kappa shape index (κ1) is 10.1. The number of Topliss-reactive ketones (excluding diaryl/α,β-unsaturated/α-hetero) is 1. The van der Waals surface area contributed by atoms with Crippen LogP contribution in [0.25, 0.3) is 0 Å². The molecule has 0 saturated carbocycles. The van der Waals surface area contributed by atoms with Gasteiger partial charge in [-0.05, 0) is 30.0 Å². The van der Waals surface area contributed by atoms with Gasteiger partial charge in [0.1, 0.15) is 0 Å². The SMILES string of the molecule is Cc1cscc1C(=O)Cc1ccccn1. The summed E-state index contributed by atoms with van der Waals surface area (Å²) >= 11 is 1.56. The van der Waals surface area contributed by atoms with E-state index in [4.69, 9.17) is 0 Å². The Kier molecular flexibility index (Phi) is 2.92. The van der Waals surface area contributed by atoms with E-state index in [1.807, 2.05) is 35.9 Å². The van der Waals surface area contributed by atoms with E-state index in [0.717, 1.165) is 16.8 Å². The van der Waals surface area contributed by atoms with Gasteiger partial charge in [0.2, 0.25) is 0 Å². The number of ketones is 1.